The molecule has 2 rings (SSSR count). The molecule has 1 aliphatic heterocycles. The zero-order chi connectivity index (χ0) is 13.0. The van der Waals surface area contributed by atoms with Crippen LogP contribution < -0.4 is 10.6 Å². The first-order chi connectivity index (χ1) is 8.74. The predicted octanol–water partition coefficient (Wildman–Crippen LogP) is 1.72. The first-order valence-corrected chi connectivity index (χ1v) is 5.85. The highest BCUT2D eigenvalue weighted by atomic mass is 16.5. The van der Waals surface area contributed by atoms with Gasteiger partial charge in [-0.2, -0.15) is 5.26 Å². The molecule has 0 radical (unpaired) electrons. The monoisotopic (exact) mass is 245 g/mol. The topological polar surface area (TPSA) is 74.2 Å². The number of amides is 1. The lowest BCUT2D eigenvalue weighted by Gasteiger charge is -2.26. The van der Waals surface area contributed by atoms with Crippen molar-refractivity contribution in [2.24, 2.45) is 0 Å². The summed E-state index contributed by atoms with van der Waals surface area (Å²) in [5.74, 6) is -0.0386. The largest absolute Gasteiger partial charge is 0.385 e. The smallest absolute Gasteiger partial charge is 0.246 e. The molecule has 5 nitrogen and oxygen atoms in total. The summed E-state index contributed by atoms with van der Waals surface area (Å²) in [6.07, 6.45) is 1.52. The van der Waals surface area contributed by atoms with Gasteiger partial charge >= 0.3 is 0 Å². The number of hydrogen-bond acceptors (Lipinski definition) is 4. The summed E-state index contributed by atoms with van der Waals surface area (Å²) in [6, 6.07) is 7.00. The van der Waals surface area contributed by atoms with Gasteiger partial charge in [0.15, 0.2) is 0 Å². The summed E-state index contributed by atoms with van der Waals surface area (Å²) in [5.41, 5.74) is 2.10. The highest BCUT2D eigenvalue weighted by Gasteiger charge is 2.24. The Hall–Kier alpha value is -2.06. The minimum absolute atomic E-state index is 0.0386. The molecule has 5 heteroatoms. The molecule has 18 heavy (non-hydrogen) atoms. The Morgan fingerprint density at radius 1 is 1.44 bits per heavy atom. The molecule has 0 fully saturated rings. The summed E-state index contributed by atoms with van der Waals surface area (Å²) >= 11 is 0. The van der Waals surface area contributed by atoms with Crippen LogP contribution in [0.15, 0.2) is 18.2 Å². The lowest BCUT2D eigenvalue weighted by molar-refractivity contribution is -0.117. The van der Waals surface area contributed by atoms with Crippen LogP contribution in [0.2, 0.25) is 0 Å². The molecule has 1 unspecified atom stereocenters. The van der Waals surface area contributed by atoms with E-state index >= 15 is 0 Å². The number of anilines is 2. The summed E-state index contributed by atoms with van der Waals surface area (Å²) < 4.78 is 4.97. The summed E-state index contributed by atoms with van der Waals surface area (Å²) in [4.78, 5) is 11.8. The quantitative estimate of drug-likeness (QED) is 0.792. The molecule has 0 spiro atoms. The van der Waals surface area contributed by atoms with Gasteiger partial charge in [-0.25, -0.2) is 0 Å². The van der Waals surface area contributed by atoms with E-state index in [0.29, 0.717) is 18.6 Å². The highest BCUT2D eigenvalue weighted by molar-refractivity contribution is 6.03. The van der Waals surface area contributed by atoms with E-state index in [4.69, 9.17) is 10.00 Å². The molecule has 2 N–H and O–H groups in total. The van der Waals surface area contributed by atoms with Crippen LogP contribution >= 0.6 is 0 Å². The lowest BCUT2D eigenvalue weighted by atomic mass is 10.1. The summed E-state index contributed by atoms with van der Waals surface area (Å²) in [6.45, 7) is 0.635. The number of carbonyl (C=O) groups is 1. The predicted molar refractivity (Wildman–Crippen MR) is 68.3 cm³/mol. The van der Waals surface area contributed by atoms with Crippen molar-refractivity contribution >= 4 is 17.3 Å². The molecule has 1 heterocycles. The number of rotatable bonds is 4. The second-order valence-corrected chi connectivity index (χ2v) is 4.19. The van der Waals surface area contributed by atoms with E-state index in [1.54, 1.807) is 25.3 Å². The Kier molecular flexibility index (Phi) is 3.80. The van der Waals surface area contributed by atoms with Crippen LogP contribution in [0.4, 0.5) is 11.4 Å². The standard InChI is InChI=1S/C13H15N3O2/c1-18-6-2-3-11-13(17)16-10-5-4-9(8-14)7-12(10)15-11/h4-5,7,11,15H,2-3,6H2,1H3,(H,16,17). The molecular weight excluding hydrogens is 230 g/mol. The van der Waals surface area contributed by atoms with Crippen molar-refractivity contribution < 1.29 is 9.53 Å². The molecule has 1 aromatic rings. The number of benzene rings is 1. The lowest BCUT2D eigenvalue weighted by Crippen LogP contribution is -2.38. The number of hydrogen-bond donors (Lipinski definition) is 2. The van der Waals surface area contributed by atoms with Crippen LogP contribution in [0, 0.1) is 11.3 Å². The second kappa shape index (κ2) is 5.52. The Morgan fingerprint density at radius 3 is 3.00 bits per heavy atom. The second-order valence-electron chi connectivity index (χ2n) is 4.19. The molecule has 0 saturated heterocycles. The van der Waals surface area contributed by atoms with E-state index in [0.717, 1.165) is 17.8 Å². The fraction of sp³-hybridized carbons (Fsp3) is 0.385. The third kappa shape index (κ3) is 2.60. The van der Waals surface area contributed by atoms with Gasteiger partial charge in [-0.3, -0.25) is 4.79 Å². The van der Waals surface area contributed by atoms with Gasteiger partial charge in [0.25, 0.3) is 0 Å². The minimum Gasteiger partial charge on any atom is -0.385 e. The van der Waals surface area contributed by atoms with E-state index in [1.807, 2.05) is 0 Å². The van der Waals surface area contributed by atoms with Gasteiger partial charge in [-0.15, -0.1) is 0 Å². The molecule has 94 valence electrons. The van der Waals surface area contributed by atoms with Crippen LogP contribution in [-0.2, 0) is 9.53 Å². The number of nitrogens with zero attached hydrogens (tertiary/aromatic N) is 1. The van der Waals surface area contributed by atoms with Crippen LogP contribution in [-0.4, -0.2) is 25.7 Å². The van der Waals surface area contributed by atoms with Crippen LogP contribution in [0.25, 0.3) is 0 Å². The summed E-state index contributed by atoms with van der Waals surface area (Å²) in [5, 5.41) is 14.8. The average Bonchev–Trinajstić information content (AvgIpc) is 2.39. The third-order valence-corrected chi connectivity index (χ3v) is 2.89. The number of ether oxygens (including phenoxy) is 1. The normalized spacial score (nSPS) is 17.3. The van der Waals surface area contributed by atoms with Crippen molar-refractivity contribution in [2.45, 2.75) is 18.9 Å². The Labute approximate surface area is 106 Å². The Balaban J connectivity index is 2.10. The maximum absolute atomic E-state index is 11.8. The zero-order valence-corrected chi connectivity index (χ0v) is 10.2. The maximum Gasteiger partial charge on any atom is 0.246 e. The van der Waals surface area contributed by atoms with E-state index < -0.39 is 0 Å². The van der Waals surface area contributed by atoms with E-state index in [2.05, 4.69) is 16.7 Å². The fourth-order valence-electron chi connectivity index (χ4n) is 1.95. The zero-order valence-electron chi connectivity index (χ0n) is 10.2. The van der Waals surface area contributed by atoms with Crippen LogP contribution in [0.1, 0.15) is 18.4 Å². The molecule has 0 aliphatic carbocycles. The average molecular weight is 245 g/mol. The van der Waals surface area contributed by atoms with Gasteiger partial charge in [0.05, 0.1) is 23.0 Å². The van der Waals surface area contributed by atoms with Gasteiger partial charge in [0.2, 0.25) is 5.91 Å². The van der Waals surface area contributed by atoms with Crippen molar-refractivity contribution in [3.8, 4) is 6.07 Å². The molecule has 0 aromatic heterocycles. The van der Waals surface area contributed by atoms with Crippen LogP contribution in [0.5, 0.6) is 0 Å². The van der Waals surface area contributed by atoms with Crippen molar-refractivity contribution in [1.29, 1.82) is 5.26 Å². The minimum atomic E-state index is -0.262. The van der Waals surface area contributed by atoms with Gasteiger partial charge in [-0.1, -0.05) is 0 Å². The molecule has 0 bridgehead atoms. The molecule has 0 saturated carbocycles. The highest BCUT2D eigenvalue weighted by Crippen LogP contribution is 2.28. The number of methoxy groups -OCH3 is 1. The van der Waals surface area contributed by atoms with Crippen molar-refractivity contribution in [1.82, 2.24) is 0 Å². The van der Waals surface area contributed by atoms with E-state index in [-0.39, 0.29) is 11.9 Å². The third-order valence-electron chi connectivity index (χ3n) is 2.89. The van der Waals surface area contributed by atoms with Crippen LogP contribution in [0.3, 0.4) is 0 Å². The SMILES string of the molecule is COCCCC1Nc2cc(C#N)ccc2NC1=O. The maximum atomic E-state index is 11.8. The fourth-order valence-corrected chi connectivity index (χ4v) is 1.95. The van der Waals surface area contributed by atoms with Gasteiger partial charge in [-0.05, 0) is 31.0 Å². The number of nitriles is 1. The molecule has 1 atom stereocenters. The summed E-state index contributed by atoms with van der Waals surface area (Å²) in [7, 11) is 1.64. The Bertz CT molecular complexity index is 493. The molecular formula is C13H15N3O2. The number of carbonyl (C=O) groups excluding carboxylic acids is 1. The van der Waals surface area contributed by atoms with Crippen molar-refractivity contribution in [2.75, 3.05) is 24.4 Å². The van der Waals surface area contributed by atoms with Gasteiger partial charge in [0.1, 0.15) is 6.04 Å². The van der Waals surface area contributed by atoms with Crippen molar-refractivity contribution in [3.05, 3.63) is 23.8 Å². The molecule has 1 aromatic carbocycles. The van der Waals surface area contributed by atoms with Gasteiger partial charge < -0.3 is 15.4 Å². The van der Waals surface area contributed by atoms with Crippen molar-refractivity contribution in [3.63, 3.8) is 0 Å². The van der Waals surface area contributed by atoms with Gasteiger partial charge in [0, 0.05) is 13.7 Å². The first kappa shape index (κ1) is 12.4. The van der Waals surface area contributed by atoms with E-state index in [1.165, 1.54) is 0 Å². The number of nitrogens with one attached hydrogen (secondary N) is 2. The van der Waals surface area contributed by atoms with E-state index in [9.17, 15) is 4.79 Å². The number of fused-ring (bicyclic) bond motifs is 1. The molecule has 1 amide bonds. The molecule has 1 aliphatic rings. The Morgan fingerprint density at radius 2 is 2.28 bits per heavy atom. The first-order valence-electron chi connectivity index (χ1n) is 5.85.